The van der Waals surface area contributed by atoms with E-state index in [9.17, 15) is 4.79 Å². The van der Waals surface area contributed by atoms with Crippen molar-refractivity contribution in [2.75, 3.05) is 13.1 Å². The summed E-state index contributed by atoms with van der Waals surface area (Å²) in [7, 11) is 0. The number of carbonyl (C=O) groups is 1. The molecule has 1 saturated heterocycles. The number of furan rings is 1. The molecule has 6 heteroatoms. The molecular weight excluding hydrogens is 298 g/mol. The number of carbonyl (C=O) groups excluding carboxylic acids is 1. The maximum Gasteiger partial charge on any atom is 0.273 e. The summed E-state index contributed by atoms with van der Waals surface area (Å²) in [4.78, 5) is 19.0. The summed E-state index contributed by atoms with van der Waals surface area (Å²) in [5.41, 5.74) is 6.66. The fraction of sp³-hybridized carbons (Fsp3) is 0.500. The largest absolute Gasteiger partial charge is 0.459 e. The van der Waals surface area contributed by atoms with E-state index in [1.54, 1.807) is 0 Å². The summed E-state index contributed by atoms with van der Waals surface area (Å²) in [6, 6.07) is 4.04. The fourth-order valence-electron chi connectivity index (χ4n) is 3.67. The molecule has 0 radical (unpaired) electrons. The van der Waals surface area contributed by atoms with E-state index in [0.29, 0.717) is 17.5 Å². The third kappa shape index (κ3) is 2.27. The van der Waals surface area contributed by atoms with Crippen LogP contribution < -0.4 is 5.73 Å². The molecule has 0 spiro atoms. The molecule has 2 aromatic rings. The van der Waals surface area contributed by atoms with E-state index in [2.05, 4.69) is 4.98 Å². The zero-order valence-corrected chi connectivity index (χ0v) is 13.3. The Morgan fingerprint density at radius 1 is 1.41 bits per heavy atom. The van der Waals surface area contributed by atoms with Crippen molar-refractivity contribution in [3.05, 3.63) is 29.0 Å². The van der Waals surface area contributed by atoms with Gasteiger partial charge in [0.1, 0.15) is 11.5 Å². The normalized spacial score (nSPS) is 27.4. The predicted octanol–water partition coefficient (Wildman–Crippen LogP) is 2.52. The molecular formula is C16H19N3O2S. The van der Waals surface area contributed by atoms with Crippen LogP contribution >= 0.6 is 11.3 Å². The third-order valence-electron chi connectivity index (χ3n) is 4.87. The van der Waals surface area contributed by atoms with E-state index in [1.807, 2.05) is 29.3 Å². The highest BCUT2D eigenvalue weighted by Crippen LogP contribution is 2.37. The number of likely N-dealkylation sites (tertiary alicyclic amines) is 1. The van der Waals surface area contributed by atoms with E-state index < -0.39 is 0 Å². The second-order valence-corrected chi connectivity index (χ2v) is 7.18. The third-order valence-corrected chi connectivity index (χ3v) is 5.73. The Morgan fingerprint density at radius 2 is 2.27 bits per heavy atom. The Hall–Kier alpha value is -1.66. The van der Waals surface area contributed by atoms with Crippen LogP contribution in [-0.2, 0) is 0 Å². The second kappa shape index (κ2) is 5.21. The molecule has 0 bridgehead atoms. The molecule has 0 aromatic carbocycles. The average molecular weight is 317 g/mol. The number of nitrogens with two attached hydrogens (primary N) is 1. The van der Waals surface area contributed by atoms with Gasteiger partial charge in [0.2, 0.25) is 0 Å². The van der Waals surface area contributed by atoms with Gasteiger partial charge in [-0.05, 0) is 43.7 Å². The Morgan fingerprint density at radius 3 is 3.00 bits per heavy atom. The number of hydrogen-bond acceptors (Lipinski definition) is 5. The molecule has 2 fully saturated rings. The monoisotopic (exact) mass is 317 g/mol. The van der Waals surface area contributed by atoms with E-state index in [-0.39, 0.29) is 11.9 Å². The summed E-state index contributed by atoms with van der Waals surface area (Å²) in [6.45, 7) is 3.50. The molecule has 3 unspecified atom stereocenters. The average Bonchev–Trinajstić information content (AvgIpc) is 3.23. The van der Waals surface area contributed by atoms with Crippen molar-refractivity contribution in [1.29, 1.82) is 0 Å². The van der Waals surface area contributed by atoms with Crippen LogP contribution in [0.15, 0.2) is 21.9 Å². The van der Waals surface area contributed by atoms with E-state index in [1.165, 1.54) is 11.3 Å². The standard InChI is InChI=1S/C16H19N3O2S/c1-9-2-5-14(21-9)15-18-13(8-22-15)16(20)19-6-10-3-4-12(17)11(10)7-19/h2,5,8,10-12H,3-4,6-7,17H2,1H3. The van der Waals surface area contributed by atoms with Crippen LogP contribution in [0, 0.1) is 18.8 Å². The minimum atomic E-state index is 0.0207. The van der Waals surface area contributed by atoms with Gasteiger partial charge in [0, 0.05) is 24.5 Å². The lowest BCUT2D eigenvalue weighted by Gasteiger charge is -2.17. The lowest BCUT2D eigenvalue weighted by Crippen LogP contribution is -2.33. The molecule has 4 rings (SSSR count). The van der Waals surface area contributed by atoms with E-state index in [0.717, 1.165) is 42.5 Å². The Bertz CT molecular complexity index is 708. The van der Waals surface area contributed by atoms with Crippen LogP contribution in [0.25, 0.3) is 10.8 Å². The van der Waals surface area contributed by atoms with Crippen molar-refractivity contribution in [3.8, 4) is 10.8 Å². The number of fused-ring (bicyclic) bond motifs is 1. The first kappa shape index (κ1) is 14.0. The maximum absolute atomic E-state index is 12.6. The van der Waals surface area contributed by atoms with Crippen LogP contribution in [-0.4, -0.2) is 34.9 Å². The minimum Gasteiger partial charge on any atom is -0.459 e. The number of nitrogens with zero attached hydrogens (tertiary/aromatic N) is 2. The molecule has 2 aromatic heterocycles. The number of hydrogen-bond donors (Lipinski definition) is 1. The highest BCUT2D eigenvalue weighted by Gasteiger charge is 2.42. The highest BCUT2D eigenvalue weighted by atomic mass is 32.1. The molecule has 22 heavy (non-hydrogen) atoms. The van der Waals surface area contributed by atoms with Crippen LogP contribution in [0.4, 0.5) is 0 Å². The number of thiazole rings is 1. The van der Waals surface area contributed by atoms with Gasteiger partial charge in [-0.25, -0.2) is 4.98 Å². The number of rotatable bonds is 2. The van der Waals surface area contributed by atoms with Gasteiger partial charge in [0.05, 0.1) is 0 Å². The zero-order valence-electron chi connectivity index (χ0n) is 12.5. The number of aryl methyl sites for hydroxylation is 1. The van der Waals surface area contributed by atoms with Gasteiger partial charge in [0.15, 0.2) is 10.8 Å². The molecule has 2 aliphatic rings. The SMILES string of the molecule is Cc1ccc(-c2nc(C(=O)N3CC4CCC(N)C4C3)cs2)o1. The molecule has 2 N–H and O–H groups in total. The zero-order chi connectivity index (χ0) is 15.3. The topological polar surface area (TPSA) is 72.4 Å². The molecule has 1 amide bonds. The van der Waals surface area contributed by atoms with Crippen molar-refractivity contribution in [1.82, 2.24) is 9.88 Å². The molecule has 1 saturated carbocycles. The predicted molar refractivity (Wildman–Crippen MR) is 84.6 cm³/mol. The van der Waals surface area contributed by atoms with Crippen molar-refractivity contribution >= 4 is 17.2 Å². The van der Waals surface area contributed by atoms with E-state index in [4.69, 9.17) is 10.2 Å². The minimum absolute atomic E-state index is 0.0207. The second-order valence-electron chi connectivity index (χ2n) is 6.32. The molecule has 3 atom stereocenters. The molecule has 3 heterocycles. The number of aromatic nitrogens is 1. The van der Waals surface area contributed by atoms with Crippen molar-refractivity contribution < 1.29 is 9.21 Å². The van der Waals surface area contributed by atoms with Crippen LogP contribution in [0.2, 0.25) is 0 Å². The summed E-state index contributed by atoms with van der Waals surface area (Å²) in [5, 5.41) is 2.58. The van der Waals surface area contributed by atoms with Crippen molar-refractivity contribution in [3.63, 3.8) is 0 Å². The first-order valence-electron chi connectivity index (χ1n) is 7.69. The van der Waals surface area contributed by atoms with Gasteiger partial charge in [-0.15, -0.1) is 11.3 Å². The quantitative estimate of drug-likeness (QED) is 0.924. The van der Waals surface area contributed by atoms with Crippen LogP contribution in [0.5, 0.6) is 0 Å². The molecule has 1 aliphatic heterocycles. The smallest absolute Gasteiger partial charge is 0.273 e. The summed E-state index contributed by atoms with van der Waals surface area (Å²) in [5.74, 6) is 2.63. The summed E-state index contributed by atoms with van der Waals surface area (Å²) < 4.78 is 5.57. The lowest BCUT2D eigenvalue weighted by molar-refractivity contribution is 0.0774. The van der Waals surface area contributed by atoms with Crippen molar-refractivity contribution in [2.45, 2.75) is 25.8 Å². The van der Waals surface area contributed by atoms with Gasteiger partial charge in [-0.1, -0.05) is 0 Å². The molecule has 1 aliphatic carbocycles. The lowest BCUT2D eigenvalue weighted by atomic mass is 9.98. The van der Waals surface area contributed by atoms with E-state index >= 15 is 0 Å². The Balaban J connectivity index is 1.51. The first-order valence-corrected chi connectivity index (χ1v) is 8.57. The molecule has 5 nitrogen and oxygen atoms in total. The summed E-state index contributed by atoms with van der Waals surface area (Å²) in [6.07, 6.45) is 2.24. The van der Waals surface area contributed by atoms with Gasteiger partial charge in [0.25, 0.3) is 5.91 Å². The maximum atomic E-state index is 12.6. The fourth-order valence-corrected chi connectivity index (χ4v) is 4.42. The van der Waals surface area contributed by atoms with Gasteiger partial charge < -0.3 is 15.1 Å². The van der Waals surface area contributed by atoms with Gasteiger partial charge >= 0.3 is 0 Å². The van der Waals surface area contributed by atoms with Crippen molar-refractivity contribution in [2.24, 2.45) is 17.6 Å². The van der Waals surface area contributed by atoms with Crippen LogP contribution in [0.3, 0.4) is 0 Å². The Labute approximate surface area is 133 Å². The number of amides is 1. The summed E-state index contributed by atoms with van der Waals surface area (Å²) >= 11 is 1.45. The highest BCUT2D eigenvalue weighted by molar-refractivity contribution is 7.13. The van der Waals surface area contributed by atoms with Gasteiger partial charge in [-0.2, -0.15) is 0 Å². The Kier molecular flexibility index (Phi) is 3.31. The molecule has 116 valence electrons. The van der Waals surface area contributed by atoms with Crippen LogP contribution in [0.1, 0.15) is 29.1 Å². The van der Waals surface area contributed by atoms with Gasteiger partial charge in [-0.3, -0.25) is 4.79 Å². The first-order chi connectivity index (χ1) is 10.6.